The fourth-order valence-electron chi connectivity index (χ4n) is 3.18. The fraction of sp³-hybridized carbons (Fsp3) is 0.250. The summed E-state index contributed by atoms with van der Waals surface area (Å²) in [5.74, 6) is -1.48. The summed E-state index contributed by atoms with van der Waals surface area (Å²) in [6.07, 6.45) is 1.47. The summed E-state index contributed by atoms with van der Waals surface area (Å²) >= 11 is 0. The lowest BCUT2D eigenvalue weighted by molar-refractivity contribution is -0.141. The van der Waals surface area contributed by atoms with Crippen LogP contribution in [-0.2, 0) is 9.59 Å². The molecule has 0 aliphatic heterocycles. The molecule has 140 valence electrons. The van der Waals surface area contributed by atoms with Crippen LogP contribution in [0.2, 0.25) is 0 Å². The van der Waals surface area contributed by atoms with E-state index in [1.165, 1.54) is 0 Å². The van der Waals surface area contributed by atoms with Crippen LogP contribution in [0.4, 0.5) is 5.69 Å². The average Bonchev–Trinajstić information content (AvgIpc) is 3.14. The second-order valence-corrected chi connectivity index (χ2v) is 6.52. The first kappa shape index (κ1) is 18.4. The lowest BCUT2D eigenvalue weighted by Gasteiger charge is -2.12. The molecule has 2 aromatic carbocycles. The van der Waals surface area contributed by atoms with E-state index in [1.54, 1.807) is 48.5 Å². The molecule has 7 nitrogen and oxygen atoms in total. The molecule has 1 aliphatic rings. The van der Waals surface area contributed by atoms with Crippen molar-refractivity contribution in [2.75, 3.05) is 5.32 Å². The van der Waals surface area contributed by atoms with E-state index in [9.17, 15) is 14.4 Å². The van der Waals surface area contributed by atoms with Gasteiger partial charge in [-0.05, 0) is 55.7 Å². The lowest BCUT2D eigenvalue weighted by Crippen LogP contribution is -2.21. The molecule has 0 spiro atoms. The van der Waals surface area contributed by atoms with Gasteiger partial charge in [0, 0.05) is 11.6 Å². The molecule has 2 atom stereocenters. The van der Waals surface area contributed by atoms with Crippen molar-refractivity contribution in [1.82, 2.24) is 0 Å². The molecule has 2 aromatic rings. The molecule has 3 rings (SSSR count). The Morgan fingerprint density at radius 1 is 1.00 bits per heavy atom. The zero-order chi connectivity index (χ0) is 19.4. The van der Waals surface area contributed by atoms with E-state index in [1.807, 2.05) is 0 Å². The van der Waals surface area contributed by atoms with Crippen LogP contribution < -0.4 is 15.8 Å². The molecule has 4 N–H and O–H groups in total. The summed E-state index contributed by atoms with van der Waals surface area (Å²) in [5, 5.41) is 11.8. The van der Waals surface area contributed by atoms with Crippen LogP contribution in [0, 0.1) is 11.8 Å². The Morgan fingerprint density at radius 3 is 2.30 bits per heavy atom. The van der Waals surface area contributed by atoms with Gasteiger partial charge in [0.15, 0.2) is 0 Å². The van der Waals surface area contributed by atoms with Crippen molar-refractivity contribution < 1.29 is 24.2 Å². The van der Waals surface area contributed by atoms with E-state index < -0.39 is 17.8 Å². The minimum Gasteiger partial charge on any atom is -0.481 e. The minimum absolute atomic E-state index is 0.175. The van der Waals surface area contributed by atoms with E-state index in [0.29, 0.717) is 36.4 Å². The Balaban J connectivity index is 1.62. The van der Waals surface area contributed by atoms with Crippen molar-refractivity contribution >= 4 is 23.5 Å². The molecule has 0 aromatic heterocycles. The lowest BCUT2D eigenvalue weighted by atomic mass is 10.0. The van der Waals surface area contributed by atoms with Crippen LogP contribution in [0.3, 0.4) is 0 Å². The molecule has 7 heteroatoms. The molecular formula is C20H20N2O5. The molecule has 2 amide bonds. The van der Waals surface area contributed by atoms with Gasteiger partial charge < -0.3 is 20.9 Å². The van der Waals surface area contributed by atoms with Crippen LogP contribution >= 0.6 is 0 Å². The van der Waals surface area contributed by atoms with Gasteiger partial charge in [0.05, 0.1) is 11.5 Å². The summed E-state index contributed by atoms with van der Waals surface area (Å²) in [5.41, 5.74) is 6.21. The SMILES string of the molecule is NC(=O)c1ccccc1Oc1ccc(NC(=O)[C@@H]2CC[C@H](C(=O)O)C2)cc1. The number of benzene rings is 2. The number of carboxylic acid groups (broad SMARTS) is 1. The number of ether oxygens (including phenoxy) is 1. The van der Waals surface area contributed by atoms with Crippen molar-refractivity contribution in [1.29, 1.82) is 0 Å². The van der Waals surface area contributed by atoms with E-state index in [0.717, 1.165) is 0 Å². The van der Waals surface area contributed by atoms with Gasteiger partial charge >= 0.3 is 5.97 Å². The molecule has 0 heterocycles. The largest absolute Gasteiger partial charge is 0.481 e. The smallest absolute Gasteiger partial charge is 0.306 e. The first-order valence-electron chi connectivity index (χ1n) is 8.64. The summed E-state index contributed by atoms with van der Waals surface area (Å²) in [6.45, 7) is 0. The average molecular weight is 368 g/mol. The maximum Gasteiger partial charge on any atom is 0.306 e. The highest BCUT2D eigenvalue weighted by molar-refractivity contribution is 5.95. The number of anilines is 1. The number of rotatable bonds is 6. The minimum atomic E-state index is -0.844. The Morgan fingerprint density at radius 2 is 1.67 bits per heavy atom. The van der Waals surface area contributed by atoms with E-state index in [4.69, 9.17) is 15.6 Å². The van der Waals surface area contributed by atoms with E-state index in [2.05, 4.69) is 5.32 Å². The number of amides is 2. The number of carboxylic acids is 1. The van der Waals surface area contributed by atoms with E-state index in [-0.39, 0.29) is 17.4 Å². The van der Waals surface area contributed by atoms with Gasteiger partial charge in [-0.15, -0.1) is 0 Å². The molecule has 0 radical (unpaired) electrons. The van der Waals surface area contributed by atoms with Gasteiger partial charge in [-0.2, -0.15) is 0 Å². The number of primary amides is 1. The van der Waals surface area contributed by atoms with Gasteiger partial charge in [0.2, 0.25) is 5.91 Å². The maximum absolute atomic E-state index is 12.3. The zero-order valence-corrected chi connectivity index (χ0v) is 14.6. The van der Waals surface area contributed by atoms with E-state index >= 15 is 0 Å². The number of nitrogens with one attached hydrogen (secondary N) is 1. The van der Waals surface area contributed by atoms with Gasteiger partial charge in [0.1, 0.15) is 11.5 Å². The molecule has 0 saturated heterocycles. The highest BCUT2D eigenvalue weighted by atomic mass is 16.5. The standard InChI is InChI=1S/C20H20N2O5/c21-18(23)16-3-1-2-4-17(16)27-15-9-7-14(8-10-15)22-19(24)12-5-6-13(11-12)20(25)26/h1-4,7-10,12-13H,5-6,11H2,(H2,21,23)(H,22,24)(H,25,26)/t12-,13+/m1/s1. The predicted octanol–water partition coefficient (Wildman–Crippen LogP) is 3.02. The van der Waals surface area contributed by atoms with Gasteiger partial charge in [-0.25, -0.2) is 0 Å². The Bertz CT molecular complexity index is 863. The summed E-state index contributed by atoms with van der Waals surface area (Å²) in [6, 6.07) is 13.4. The van der Waals surface area contributed by atoms with Gasteiger partial charge in [-0.3, -0.25) is 14.4 Å². The summed E-state index contributed by atoms with van der Waals surface area (Å²) < 4.78 is 5.69. The third kappa shape index (κ3) is 4.44. The first-order valence-corrected chi connectivity index (χ1v) is 8.64. The third-order valence-corrected chi connectivity index (χ3v) is 4.65. The van der Waals surface area contributed by atoms with Crippen molar-refractivity contribution in [2.24, 2.45) is 17.6 Å². The number of hydrogen-bond donors (Lipinski definition) is 3. The van der Waals surface area contributed by atoms with Gasteiger partial charge in [0.25, 0.3) is 5.91 Å². The quantitative estimate of drug-likeness (QED) is 0.724. The van der Waals surface area contributed by atoms with Crippen molar-refractivity contribution in [3.8, 4) is 11.5 Å². The first-order chi connectivity index (χ1) is 12.9. The van der Waals surface area contributed by atoms with Crippen molar-refractivity contribution in [3.63, 3.8) is 0 Å². The topological polar surface area (TPSA) is 119 Å². The summed E-state index contributed by atoms with van der Waals surface area (Å²) in [4.78, 5) is 34.7. The van der Waals surface area contributed by atoms with Crippen LogP contribution in [-0.4, -0.2) is 22.9 Å². The Labute approximate surface area is 156 Å². The van der Waals surface area contributed by atoms with Crippen LogP contribution in [0.1, 0.15) is 29.6 Å². The highest BCUT2D eigenvalue weighted by Gasteiger charge is 2.33. The van der Waals surface area contributed by atoms with Crippen molar-refractivity contribution in [2.45, 2.75) is 19.3 Å². The molecule has 27 heavy (non-hydrogen) atoms. The highest BCUT2D eigenvalue weighted by Crippen LogP contribution is 2.32. The van der Waals surface area contributed by atoms with Crippen LogP contribution in [0.25, 0.3) is 0 Å². The van der Waals surface area contributed by atoms with Crippen LogP contribution in [0.15, 0.2) is 48.5 Å². The molecule has 1 saturated carbocycles. The van der Waals surface area contributed by atoms with Crippen LogP contribution in [0.5, 0.6) is 11.5 Å². The van der Waals surface area contributed by atoms with Gasteiger partial charge in [-0.1, -0.05) is 12.1 Å². The third-order valence-electron chi connectivity index (χ3n) is 4.65. The number of hydrogen-bond acceptors (Lipinski definition) is 4. The summed E-state index contributed by atoms with van der Waals surface area (Å²) in [7, 11) is 0. The molecule has 1 fully saturated rings. The second-order valence-electron chi connectivity index (χ2n) is 6.52. The Kier molecular flexibility index (Phi) is 5.40. The number of nitrogens with two attached hydrogens (primary N) is 1. The molecule has 0 unspecified atom stereocenters. The fourth-order valence-corrected chi connectivity index (χ4v) is 3.18. The predicted molar refractivity (Wildman–Crippen MR) is 98.6 cm³/mol. The number of para-hydroxylation sites is 1. The van der Waals surface area contributed by atoms with Crippen molar-refractivity contribution in [3.05, 3.63) is 54.1 Å². The Hall–Kier alpha value is -3.35. The second kappa shape index (κ2) is 7.90. The normalized spacial score (nSPS) is 18.7. The molecule has 1 aliphatic carbocycles. The monoisotopic (exact) mass is 368 g/mol. The molecular weight excluding hydrogens is 348 g/mol. The number of aliphatic carboxylic acids is 1. The maximum atomic E-state index is 12.3. The number of carbonyl (C=O) groups is 3. The number of carbonyl (C=O) groups excluding carboxylic acids is 2. The zero-order valence-electron chi connectivity index (χ0n) is 14.6. The molecule has 0 bridgehead atoms.